The molecule has 0 saturated heterocycles. The molecule has 0 bridgehead atoms. The maximum Gasteiger partial charge on any atom is 0.305 e. The zero-order chi connectivity index (χ0) is 29.3. The normalized spacial score (nSPS) is 37.2. The monoisotopic (exact) mass is 575 g/mol. The molecule has 0 aromatic heterocycles. The van der Waals surface area contributed by atoms with Gasteiger partial charge in [-0.1, -0.05) is 20.8 Å². The Morgan fingerprint density at radius 1 is 0.854 bits per heavy atom. The van der Waals surface area contributed by atoms with Gasteiger partial charge in [0.15, 0.2) is 0 Å². The number of unbranched alkanes of at least 4 members (excludes halogenated alkanes) is 1. The van der Waals surface area contributed by atoms with Gasteiger partial charge < -0.3 is 26.4 Å². The summed E-state index contributed by atoms with van der Waals surface area (Å²) >= 11 is 0. The second-order valence-electron chi connectivity index (χ2n) is 15.1. The molecule has 0 amide bonds. The van der Waals surface area contributed by atoms with Crippen LogP contribution >= 0.6 is 0 Å². The van der Waals surface area contributed by atoms with Gasteiger partial charge in [0.1, 0.15) is 0 Å². The van der Waals surface area contributed by atoms with Crippen LogP contribution in [0, 0.1) is 46.3 Å². The third kappa shape index (κ3) is 8.08. The summed E-state index contributed by atoms with van der Waals surface area (Å²) in [7, 11) is 1.52. The Morgan fingerprint density at radius 3 is 2.27 bits per heavy atom. The van der Waals surface area contributed by atoms with Gasteiger partial charge in [-0.05, 0) is 175 Å². The molecular weight excluding hydrogens is 508 g/mol. The minimum Gasteiger partial charge on any atom is -0.469 e. The van der Waals surface area contributed by atoms with E-state index >= 15 is 0 Å². The molecule has 4 aliphatic rings. The van der Waals surface area contributed by atoms with Crippen molar-refractivity contribution in [3.05, 3.63) is 0 Å². The fraction of sp³-hybridized carbons (Fsp3) is 0.971. The number of hydrogen-bond acceptors (Lipinski definition) is 6. The molecule has 9 unspecified atom stereocenters. The van der Waals surface area contributed by atoms with E-state index in [1.165, 1.54) is 84.2 Å². The Labute approximate surface area is 252 Å². The highest BCUT2D eigenvalue weighted by Gasteiger charge is 2.60. The van der Waals surface area contributed by atoms with Crippen LogP contribution in [0.25, 0.3) is 0 Å². The molecule has 0 aromatic rings. The van der Waals surface area contributed by atoms with E-state index in [9.17, 15) is 4.79 Å². The highest BCUT2D eigenvalue weighted by Crippen LogP contribution is 2.68. The van der Waals surface area contributed by atoms with Crippen molar-refractivity contribution in [1.29, 1.82) is 0 Å². The number of nitrogens with two attached hydrogens (primary N) is 1. The molecule has 0 heterocycles. The Balaban J connectivity index is 1.16. The van der Waals surface area contributed by atoms with Crippen LogP contribution in [0.3, 0.4) is 0 Å². The van der Waals surface area contributed by atoms with Gasteiger partial charge in [-0.25, -0.2) is 0 Å². The van der Waals surface area contributed by atoms with Crippen LogP contribution in [-0.2, 0) is 9.53 Å². The van der Waals surface area contributed by atoms with Crippen molar-refractivity contribution in [1.82, 2.24) is 16.0 Å². The Morgan fingerprint density at radius 2 is 1.54 bits per heavy atom. The van der Waals surface area contributed by atoms with Crippen LogP contribution in [-0.4, -0.2) is 58.4 Å². The third-order valence-corrected chi connectivity index (χ3v) is 12.9. The first-order chi connectivity index (χ1) is 19.8. The molecule has 4 fully saturated rings. The summed E-state index contributed by atoms with van der Waals surface area (Å²) in [6.45, 7) is 14.1. The van der Waals surface area contributed by atoms with Gasteiger partial charge in [0, 0.05) is 12.5 Å². The number of esters is 1. The molecule has 0 spiro atoms. The minimum absolute atomic E-state index is 0.0398. The topological polar surface area (TPSA) is 88.4 Å². The predicted molar refractivity (Wildman–Crippen MR) is 171 cm³/mol. The quantitative estimate of drug-likeness (QED) is 0.128. The van der Waals surface area contributed by atoms with Gasteiger partial charge in [-0.15, -0.1) is 0 Å². The van der Waals surface area contributed by atoms with Crippen molar-refractivity contribution in [2.75, 3.05) is 46.4 Å². The summed E-state index contributed by atoms with van der Waals surface area (Å²) in [6, 6.07) is 0.726. The van der Waals surface area contributed by atoms with E-state index in [-0.39, 0.29) is 5.97 Å². The van der Waals surface area contributed by atoms with E-state index in [1.54, 1.807) is 0 Å². The molecule has 4 saturated carbocycles. The average molecular weight is 575 g/mol. The van der Waals surface area contributed by atoms with Gasteiger partial charge >= 0.3 is 5.97 Å². The zero-order valence-corrected chi connectivity index (χ0v) is 27.3. The molecule has 6 nitrogen and oxygen atoms in total. The highest BCUT2D eigenvalue weighted by atomic mass is 16.5. The number of nitrogens with one attached hydrogen (secondary N) is 3. The number of carbonyl (C=O) groups is 1. The van der Waals surface area contributed by atoms with Gasteiger partial charge in [-0.2, -0.15) is 0 Å². The molecule has 5 N–H and O–H groups in total. The first-order valence-electron chi connectivity index (χ1n) is 17.7. The van der Waals surface area contributed by atoms with E-state index in [0.29, 0.717) is 23.2 Å². The van der Waals surface area contributed by atoms with Crippen LogP contribution in [0.15, 0.2) is 0 Å². The van der Waals surface area contributed by atoms with E-state index in [4.69, 9.17) is 10.5 Å². The summed E-state index contributed by atoms with van der Waals surface area (Å²) in [5.74, 6) is 5.05. The van der Waals surface area contributed by atoms with E-state index < -0.39 is 0 Å². The first-order valence-corrected chi connectivity index (χ1v) is 17.7. The predicted octanol–water partition coefficient (Wildman–Crippen LogP) is 5.89. The van der Waals surface area contributed by atoms with Crippen molar-refractivity contribution in [2.24, 2.45) is 52.1 Å². The molecule has 0 aliphatic heterocycles. The van der Waals surface area contributed by atoms with Crippen molar-refractivity contribution in [3.63, 3.8) is 0 Å². The molecule has 9 atom stereocenters. The Bertz CT molecular complexity index is 794. The lowest BCUT2D eigenvalue weighted by atomic mass is 9.44. The van der Waals surface area contributed by atoms with E-state index in [1.807, 2.05) is 0 Å². The van der Waals surface area contributed by atoms with Gasteiger partial charge in [0.25, 0.3) is 0 Å². The SMILES string of the molecule is COC(=O)CCC(C)C1CCC2C3CCC4CC(NCCCNCCCCNCCCN)CCC4(C)C3CCC12C. The standard InChI is InChI=1S/C35H66N4O2/c1-26(9-14-33(40)41-4)30-12-13-31-29-11-10-27-25-28(15-17-34(27,2)32(29)16-18-35(30,31)3)39-24-8-23-38-21-6-5-20-37-22-7-19-36/h26-32,37-39H,5-25,36H2,1-4H3. The summed E-state index contributed by atoms with van der Waals surface area (Å²) in [4.78, 5) is 11.8. The lowest BCUT2D eigenvalue weighted by molar-refractivity contribution is -0.141. The Hall–Kier alpha value is -0.690. The van der Waals surface area contributed by atoms with Crippen LogP contribution in [0.2, 0.25) is 0 Å². The molecule has 4 rings (SSSR count). The largest absolute Gasteiger partial charge is 0.469 e. The summed E-state index contributed by atoms with van der Waals surface area (Å²) < 4.78 is 4.94. The third-order valence-electron chi connectivity index (χ3n) is 12.9. The van der Waals surface area contributed by atoms with Crippen molar-refractivity contribution in [3.8, 4) is 0 Å². The second-order valence-corrected chi connectivity index (χ2v) is 15.1. The summed E-state index contributed by atoms with van der Waals surface area (Å²) in [5, 5.41) is 11.1. The second kappa shape index (κ2) is 15.9. The van der Waals surface area contributed by atoms with Crippen LogP contribution < -0.4 is 21.7 Å². The maximum absolute atomic E-state index is 11.8. The zero-order valence-electron chi connectivity index (χ0n) is 27.3. The Kier molecular flexibility index (Phi) is 12.8. The van der Waals surface area contributed by atoms with E-state index in [2.05, 4.69) is 36.7 Å². The molecule has 0 aromatic carbocycles. The number of fused-ring (bicyclic) bond motifs is 5. The van der Waals surface area contributed by atoms with Crippen molar-refractivity contribution < 1.29 is 9.53 Å². The maximum atomic E-state index is 11.8. The van der Waals surface area contributed by atoms with Crippen LogP contribution in [0.5, 0.6) is 0 Å². The first kappa shape index (κ1) is 33.2. The number of carbonyl (C=O) groups excluding carboxylic acids is 1. The molecule has 6 heteroatoms. The molecular formula is C35H66N4O2. The highest BCUT2D eigenvalue weighted by molar-refractivity contribution is 5.69. The number of rotatable bonds is 17. The molecule has 238 valence electrons. The van der Waals surface area contributed by atoms with Crippen molar-refractivity contribution >= 4 is 5.97 Å². The molecule has 41 heavy (non-hydrogen) atoms. The van der Waals surface area contributed by atoms with Gasteiger partial charge in [-0.3, -0.25) is 4.79 Å². The number of ether oxygens (including phenoxy) is 1. The van der Waals surface area contributed by atoms with Gasteiger partial charge in [0.05, 0.1) is 7.11 Å². The average Bonchev–Trinajstić information content (AvgIpc) is 3.33. The lowest BCUT2D eigenvalue weighted by Gasteiger charge is -2.61. The number of methoxy groups -OCH3 is 1. The molecule has 0 radical (unpaired) electrons. The van der Waals surface area contributed by atoms with Crippen molar-refractivity contribution in [2.45, 2.75) is 123 Å². The minimum atomic E-state index is -0.0398. The smallest absolute Gasteiger partial charge is 0.305 e. The van der Waals surface area contributed by atoms with Gasteiger partial charge in [0.2, 0.25) is 0 Å². The van der Waals surface area contributed by atoms with Crippen LogP contribution in [0.4, 0.5) is 0 Å². The van der Waals surface area contributed by atoms with E-state index in [0.717, 1.165) is 87.7 Å². The fourth-order valence-electron chi connectivity index (χ4n) is 10.6. The fourth-order valence-corrected chi connectivity index (χ4v) is 10.6. The van der Waals surface area contributed by atoms with Crippen LogP contribution in [0.1, 0.15) is 117 Å². The summed E-state index contributed by atoms with van der Waals surface area (Å²) in [5.41, 5.74) is 6.57. The summed E-state index contributed by atoms with van der Waals surface area (Å²) in [6.07, 6.45) is 19.2. The molecule has 4 aliphatic carbocycles. The number of hydrogen-bond donors (Lipinski definition) is 4. The lowest BCUT2D eigenvalue weighted by Crippen LogP contribution is -2.55.